The number of thioether (sulfide) groups is 1. The number of nitrogens with zero attached hydrogens (tertiary/aromatic N) is 1. The fraction of sp³-hybridized carbons (Fsp3) is 0.462. The molecular formula is C13H17N3S2. The molecule has 18 heavy (non-hydrogen) atoms. The zero-order valence-corrected chi connectivity index (χ0v) is 12.0. The van der Waals surface area contributed by atoms with Crippen LogP contribution in [0.5, 0.6) is 0 Å². The van der Waals surface area contributed by atoms with Crippen LogP contribution < -0.4 is 10.6 Å². The van der Waals surface area contributed by atoms with E-state index in [0.717, 1.165) is 22.9 Å². The highest BCUT2D eigenvalue weighted by Gasteiger charge is 2.13. The number of rotatable bonds is 3. The number of anilines is 1. The molecule has 1 aliphatic heterocycles. The van der Waals surface area contributed by atoms with Gasteiger partial charge in [-0.2, -0.15) is 0 Å². The van der Waals surface area contributed by atoms with E-state index in [4.69, 9.17) is 0 Å². The Balaban J connectivity index is 1.79. The summed E-state index contributed by atoms with van der Waals surface area (Å²) in [4.78, 5) is 4.56. The number of thiazole rings is 1. The third-order valence-electron chi connectivity index (χ3n) is 3.25. The molecule has 3 rings (SSSR count). The predicted molar refractivity (Wildman–Crippen MR) is 80.9 cm³/mol. The highest BCUT2D eigenvalue weighted by molar-refractivity contribution is 8.00. The van der Waals surface area contributed by atoms with Gasteiger partial charge in [-0.3, -0.25) is 0 Å². The van der Waals surface area contributed by atoms with Crippen molar-refractivity contribution in [1.82, 2.24) is 10.3 Å². The minimum absolute atomic E-state index is 0.608. The lowest BCUT2D eigenvalue weighted by molar-refractivity contribution is 0.479. The highest BCUT2D eigenvalue weighted by Crippen LogP contribution is 2.30. The molecule has 5 heteroatoms. The van der Waals surface area contributed by atoms with Crippen LogP contribution in [0.15, 0.2) is 22.5 Å². The number of aromatic nitrogens is 1. The van der Waals surface area contributed by atoms with Gasteiger partial charge in [-0.1, -0.05) is 11.8 Å². The van der Waals surface area contributed by atoms with Crippen molar-refractivity contribution in [3.05, 3.63) is 18.2 Å². The normalized spacial score (nSPS) is 17.2. The fourth-order valence-corrected chi connectivity index (χ4v) is 3.81. The molecule has 0 radical (unpaired) electrons. The van der Waals surface area contributed by atoms with Crippen LogP contribution in [-0.4, -0.2) is 30.4 Å². The third-order valence-corrected chi connectivity index (χ3v) is 5.26. The third kappa shape index (κ3) is 2.63. The van der Waals surface area contributed by atoms with E-state index in [9.17, 15) is 0 Å². The number of piperidine rings is 1. The van der Waals surface area contributed by atoms with Gasteiger partial charge in [-0.25, -0.2) is 4.98 Å². The Bertz CT molecular complexity index is 532. The Morgan fingerprint density at radius 3 is 3.00 bits per heavy atom. The molecule has 2 heterocycles. The van der Waals surface area contributed by atoms with Crippen molar-refractivity contribution >= 4 is 39.0 Å². The molecule has 0 atom stereocenters. The molecule has 0 unspecified atom stereocenters. The van der Waals surface area contributed by atoms with Crippen LogP contribution in [0.1, 0.15) is 12.8 Å². The van der Waals surface area contributed by atoms with Crippen molar-refractivity contribution in [2.24, 2.45) is 0 Å². The SMILES string of the molecule is CSc1nc2ccc(NC3CCNCC3)cc2s1. The maximum Gasteiger partial charge on any atom is 0.150 e. The second-order valence-corrected chi connectivity index (χ2v) is 6.62. The summed E-state index contributed by atoms with van der Waals surface area (Å²) in [6, 6.07) is 7.11. The molecule has 1 fully saturated rings. The van der Waals surface area contributed by atoms with Crippen molar-refractivity contribution in [1.29, 1.82) is 0 Å². The van der Waals surface area contributed by atoms with Gasteiger partial charge in [0.05, 0.1) is 10.2 Å². The van der Waals surface area contributed by atoms with Crippen molar-refractivity contribution in [2.75, 3.05) is 24.7 Å². The Morgan fingerprint density at radius 2 is 2.22 bits per heavy atom. The minimum Gasteiger partial charge on any atom is -0.382 e. The van der Waals surface area contributed by atoms with Gasteiger partial charge in [0.1, 0.15) is 0 Å². The van der Waals surface area contributed by atoms with E-state index in [2.05, 4.69) is 40.1 Å². The van der Waals surface area contributed by atoms with Crippen molar-refractivity contribution in [2.45, 2.75) is 23.2 Å². The maximum atomic E-state index is 4.56. The Labute approximate surface area is 115 Å². The van der Waals surface area contributed by atoms with E-state index in [-0.39, 0.29) is 0 Å². The van der Waals surface area contributed by atoms with Gasteiger partial charge >= 0.3 is 0 Å². The standard InChI is InChI=1S/C13H17N3S2/c1-17-13-16-11-3-2-10(8-12(11)18-13)15-9-4-6-14-7-5-9/h2-3,8-9,14-15H,4-7H2,1H3. The Hall–Kier alpha value is -0.780. The molecule has 96 valence electrons. The summed E-state index contributed by atoms with van der Waals surface area (Å²) in [6.07, 6.45) is 4.49. The first-order valence-electron chi connectivity index (χ1n) is 6.27. The van der Waals surface area contributed by atoms with Crippen molar-refractivity contribution < 1.29 is 0 Å². The predicted octanol–water partition coefficient (Wildman–Crippen LogP) is 3.18. The molecule has 2 N–H and O–H groups in total. The molecule has 0 bridgehead atoms. The Kier molecular flexibility index (Phi) is 3.72. The second-order valence-electron chi connectivity index (χ2n) is 4.54. The minimum atomic E-state index is 0.608. The molecule has 0 amide bonds. The van der Waals surface area contributed by atoms with Crippen molar-refractivity contribution in [3.63, 3.8) is 0 Å². The molecule has 1 aliphatic rings. The summed E-state index contributed by atoms with van der Waals surface area (Å²) < 4.78 is 2.42. The molecule has 3 nitrogen and oxygen atoms in total. The van der Waals surface area contributed by atoms with E-state index >= 15 is 0 Å². The van der Waals surface area contributed by atoms with Crippen LogP contribution >= 0.6 is 23.1 Å². The molecule has 2 aromatic rings. The first-order valence-corrected chi connectivity index (χ1v) is 8.31. The molecule has 1 saturated heterocycles. The lowest BCUT2D eigenvalue weighted by Crippen LogP contribution is -2.35. The molecule has 0 saturated carbocycles. The lowest BCUT2D eigenvalue weighted by Gasteiger charge is -2.24. The monoisotopic (exact) mass is 279 g/mol. The summed E-state index contributed by atoms with van der Waals surface area (Å²) in [5.41, 5.74) is 2.34. The van der Waals surface area contributed by atoms with E-state index in [1.54, 1.807) is 23.1 Å². The van der Waals surface area contributed by atoms with Gasteiger partial charge in [0, 0.05) is 11.7 Å². The highest BCUT2D eigenvalue weighted by atomic mass is 32.2. The average Bonchev–Trinajstić information content (AvgIpc) is 2.82. The number of benzene rings is 1. The van der Waals surface area contributed by atoms with Crippen LogP contribution in [0, 0.1) is 0 Å². The summed E-state index contributed by atoms with van der Waals surface area (Å²) in [5.74, 6) is 0. The van der Waals surface area contributed by atoms with E-state index in [1.807, 2.05) is 0 Å². The van der Waals surface area contributed by atoms with Crippen LogP contribution in [0.25, 0.3) is 10.2 Å². The number of hydrogen-bond donors (Lipinski definition) is 2. The van der Waals surface area contributed by atoms with Crippen molar-refractivity contribution in [3.8, 4) is 0 Å². The van der Waals surface area contributed by atoms with Crippen LogP contribution in [0.2, 0.25) is 0 Å². The molecule has 1 aromatic heterocycles. The number of nitrogens with one attached hydrogen (secondary N) is 2. The first kappa shape index (κ1) is 12.3. The summed E-state index contributed by atoms with van der Waals surface area (Å²) >= 11 is 3.49. The van der Waals surface area contributed by atoms with E-state index < -0.39 is 0 Å². The largest absolute Gasteiger partial charge is 0.382 e. The quantitative estimate of drug-likeness (QED) is 0.846. The second kappa shape index (κ2) is 5.47. The zero-order chi connectivity index (χ0) is 12.4. The lowest BCUT2D eigenvalue weighted by atomic mass is 10.1. The maximum absolute atomic E-state index is 4.56. The topological polar surface area (TPSA) is 37.0 Å². The summed E-state index contributed by atoms with van der Waals surface area (Å²) in [6.45, 7) is 2.24. The van der Waals surface area contributed by atoms with Crippen LogP contribution in [-0.2, 0) is 0 Å². The van der Waals surface area contributed by atoms with Gasteiger partial charge in [0.15, 0.2) is 4.34 Å². The average molecular weight is 279 g/mol. The van der Waals surface area contributed by atoms with Gasteiger partial charge in [-0.05, 0) is 50.4 Å². The molecule has 0 spiro atoms. The number of hydrogen-bond acceptors (Lipinski definition) is 5. The van der Waals surface area contributed by atoms with Gasteiger partial charge in [0.2, 0.25) is 0 Å². The number of fused-ring (bicyclic) bond motifs is 1. The van der Waals surface area contributed by atoms with Gasteiger partial charge in [-0.15, -0.1) is 11.3 Å². The van der Waals surface area contributed by atoms with Crippen LogP contribution in [0.3, 0.4) is 0 Å². The molecule has 0 aliphatic carbocycles. The first-order chi connectivity index (χ1) is 8.85. The molecular weight excluding hydrogens is 262 g/mol. The molecule has 1 aromatic carbocycles. The zero-order valence-electron chi connectivity index (χ0n) is 10.4. The Morgan fingerprint density at radius 1 is 1.39 bits per heavy atom. The fourth-order valence-electron chi connectivity index (χ4n) is 2.28. The van der Waals surface area contributed by atoms with E-state index in [1.165, 1.54) is 23.2 Å². The summed E-state index contributed by atoms with van der Waals surface area (Å²) in [7, 11) is 0. The van der Waals surface area contributed by atoms with Gasteiger partial charge in [0.25, 0.3) is 0 Å². The summed E-state index contributed by atoms with van der Waals surface area (Å²) in [5, 5.41) is 7.02. The smallest absolute Gasteiger partial charge is 0.150 e. The van der Waals surface area contributed by atoms with E-state index in [0.29, 0.717) is 6.04 Å². The van der Waals surface area contributed by atoms with Gasteiger partial charge < -0.3 is 10.6 Å². The van der Waals surface area contributed by atoms with Crippen LogP contribution in [0.4, 0.5) is 5.69 Å².